The van der Waals surface area contributed by atoms with E-state index in [4.69, 9.17) is 17.3 Å². The molecule has 0 fully saturated rings. The second-order valence-corrected chi connectivity index (χ2v) is 4.71. The van der Waals surface area contributed by atoms with Crippen LogP contribution in [0, 0.1) is 5.82 Å². The van der Waals surface area contributed by atoms with E-state index in [9.17, 15) is 4.39 Å². The lowest BCUT2D eigenvalue weighted by Crippen LogP contribution is -2.28. The minimum Gasteiger partial charge on any atom is -0.322 e. The molecule has 0 aliphatic heterocycles. The van der Waals surface area contributed by atoms with Gasteiger partial charge in [0, 0.05) is 10.0 Å². The first-order valence-corrected chi connectivity index (χ1v) is 4.93. The largest absolute Gasteiger partial charge is 0.322 e. The van der Waals surface area contributed by atoms with Crippen molar-refractivity contribution < 1.29 is 4.39 Å². The topological polar surface area (TPSA) is 26.0 Å². The normalized spacial score (nSPS) is 11.8. The monoisotopic (exact) mass is 265 g/mol. The lowest BCUT2D eigenvalue weighted by molar-refractivity contribution is 0.543. The smallest absolute Gasteiger partial charge is 0.143 e. The molecule has 0 aliphatic carbocycles. The maximum atomic E-state index is 13.2. The van der Waals surface area contributed by atoms with Gasteiger partial charge in [-0.15, -0.1) is 0 Å². The Morgan fingerprint density at radius 2 is 2.00 bits per heavy atom. The summed E-state index contributed by atoms with van der Waals surface area (Å²) in [4.78, 5) is 0. The SMILES string of the molecule is CC(C)(N)c1cc(F)c(Cl)c(Br)c1. The molecule has 1 rings (SSSR count). The summed E-state index contributed by atoms with van der Waals surface area (Å²) in [7, 11) is 0. The van der Waals surface area contributed by atoms with Gasteiger partial charge >= 0.3 is 0 Å². The van der Waals surface area contributed by atoms with Crippen molar-refractivity contribution in [1.29, 1.82) is 0 Å². The Bertz CT molecular complexity index is 310. The van der Waals surface area contributed by atoms with E-state index in [2.05, 4.69) is 15.9 Å². The van der Waals surface area contributed by atoms with E-state index >= 15 is 0 Å². The van der Waals surface area contributed by atoms with Crippen LogP contribution in [0.2, 0.25) is 5.02 Å². The minimum absolute atomic E-state index is 0.0907. The summed E-state index contributed by atoms with van der Waals surface area (Å²) in [6.07, 6.45) is 0. The fraction of sp³-hybridized carbons (Fsp3) is 0.333. The second kappa shape index (κ2) is 3.56. The summed E-state index contributed by atoms with van der Waals surface area (Å²) < 4.78 is 13.7. The van der Waals surface area contributed by atoms with Crippen LogP contribution in [0.3, 0.4) is 0 Å². The summed E-state index contributed by atoms with van der Waals surface area (Å²) in [5, 5.41) is 0.0907. The Hall–Kier alpha value is -0.120. The summed E-state index contributed by atoms with van der Waals surface area (Å²) in [5.74, 6) is -0.454. The van der Waals surface area contributed by atoms with Crippen molar-refractivity contribution in [2.24, 2.45) is 5.73 Å². The van der Waals surface area contributed by atoms with Crippen LogP contribution in [-0.2, 0) is 5.54 Å². The molecule has 1 aromatic rings. The molecular weight excluding hydrogens is 256 g/mol. The number of hydrogen-bond donors (Lipinski definition) is 1. The molecule has 13 heavy (non-hydrogen) atoms. The molecule has 4 heteroatoms. The fourth-order valence-corrected chi connectivity index (χ4v) is 1.47. The molecule has 0 bridgehead atoms. The van der Waals surface area contributed by atoms with Crippen LogP contribution < -0.4 is 5.73 Å². The average molecular weight is 267 g/mol. The Labute approximate surface area is 90.2 Å². The first-order chi connectivity index (χ1) is 5.82. The van der Waals surface area contributed by atoms with Crippen molar-refractivity contribution in [1.82, 2.24) is 0 Å². The van der Waals surface area contributed by atoms with E-state index in [1.807, 2.05) is 13.8 Å². The van der Waals surface area contributed by atoms with Crippen LogP contribution in [0.15, 0.2) is 16.6 Å². The highest BCUT2D eigenvalue weighted by Gasteiger charge is 2.17. The highest BCUT2D eigenvalue weighted by atomic mass is 79.9. The van der Waals surface area contributed by atoms with Gasteiger partial charge in [0.1, 0.15) is 5.82 Å². The van der Waals surface area contributed by atoms with Crippen LogP contribution in [0.5, 0.6) is 0 Å². The Balaban J connectivity index is 3.29. The van der Waals surface area contributed by atoms with E-state index in [0.29, 0.717) is 10.0 Å². The van der Waals surface area contributed by atoms with Crippen molar-refractivity contribution in [3.05, 3.63) is 33.0 Å². The molecule has 0 amide bonds. The average Bonchev–Trinajstić information content (AvgIpc) is 1.97. The number of hydrogen-bond acceptors (Lipinski definition) is 1. The van der Waals surface area contributed by atoms with Gasteiger partial charge in [0.25, 0.3) is 0 Å². The molecule has 0 unspecified atom stereocenters. The van der Waals surface area contributed by atoms with E-state index < -0.39 is 11.4 Å². The van der Waals surface area contributed by atoms with E-state index in [-0.39, 0.29) is 5.02 Å². The lowest BCUT2D eigenvalue weighted by atomic mass is 9.96. The quantitative estimate of drug-likeness (QED) is 0.774. The molecule has 0 spiro atoms. The molecule has 0 heterocycles. The highest BCUT2D eigenvalue weighted by molar-refractivity contribution is 9.10. The van der Waals surface area contributed by atoms with Gasteiger partial charge < -0.3 is 5.73 Å². The van der Waals surface area contributed by atoms with Crippen molar-refractivity contribution in [3.63, 3.8) is 0 Å². The summed E-state index contributed by atoms with van der Waals surface area (Å²) in [5.41, 5.74) is 5.96. The Morgan fingerprint density at radius 3 is 2.38 bits per heavy atom. The molecule has 2 N–H and O–H groups in total. The van der Waals surface area contributed by atoms with Crippen LogP contribution in [0.25, 0.3) is 0 Å². The van der Waals surface area contributed by atoms with Gasteiger partial charge in [0.05, 0.1) is 5.02 Å². The third-order valence-electron chi connectivity index (χ3n) is 1.73. The molecule has 0 radical (unpaired) electrons. The zero-order valence-corrected chi connectivity index (χ0v) is 9.71. The molecule has 72 valence electrons. The molecule has 1 nitrogen and oxygen atoms in total. The van der Waals surface area contributed by atoms with Crippen LogP contribution in [0.4, 0.5) is 4.39 Å². The Morgan fingerprint density at radius 1 is 1.46 bits per heavy atom. The standard InChI is InChI=1S/C9H10BrClFN/c1-9(2,13)5-3-6(10)8(11)7(12)4-5/h3-4H,13H2,1-2H3. The fourth-order valence-electron chi connectivity index (χ4n) is 0.928. The maximum Gasteiger partial charge on any atom is 0.143 e. The Kier molecular flexibility index (Phi) is 3.00. The number of rotatable bonds is 1. The summed E-state index contributed by atoms with van der Waals surface area (Å²) >= 11 is 8.80. The van der Waals surface area contributed by atoms with Gasteiger partial charge in [0.2, 0.25) is 0 Å². The molecular formula is C9H10BrClFN. The number of nitrogens with two attached hydrogens (primary N) is 1. The van der Waals surface area contributed by atoms with E-state index in [0.717, 1.165) is 0 Å². The first-order valence-electron chi connectivity index (χ1n) is 3.76. The summed E-state index contributed by atoms with van der Waals surface area (Å²) in [6, 6.07) is 3.08. The van der Waals surface area contributed by atoms with Crippen LogP contribution in [-0.4, -0.2) is 0 Å². The van der Waals surface area contributed by atoms with Crippen molar-refractivity contribution in [2.75, 3.05) is 0 Å². The van der Waals surface area contributed by atoms with Crippen molar-refractivity contribution in [2.45, 2.75) is 19.4 Å². The second-order valence-electron chi connectivity index (χ2n) is 3.48. The first kappa shape index (κ1) is 11.0. The van der Waals surface area contributed by atoms with Gasteiger partial charge in [-0.25, -0.2) is 4.39 Å². The van der Waals surface area contributed by atoms with Crippen LogP contribution in [0.1, 0.15) is 19.4 Å². The molecule has 0 aromatic heterocycles. The van der Waals surface area contributed by atoms with Gasteiger partial charge in [-0.2, -0.15) is 0 Å². The number of halogens is 3. The third-order valence-corrected chi connectivity index (χ3v) is 2.97. The van der Waals surface area contributed by atoms with Gasteiger partial charge in [0.15, 0.2) is 0 Å². The van der Waals surface area contributed by atoms with E-state index in [1.165, 1.54) is 6.07 Å². The minimum atomic E-state index is -0.562. The molecule has 0 saturated carbocycles. The highest BCUT2D eigenvalue weighted by Crippen LogP contribution is 2.30. The zero-order valence-electron chi connectivity index (χ0n) is 7.37. The van der Waals surface area contributed by atoms with Gasteiger partial charge in [-0.3, -0.25) is 0 Å². The lowest BCUT2D eigenvalue weighted by Gasteiger charge is -2.19. The third kappa shape index (κ3) is 2.42. The predicted molar refractivity (Wildman–Crippen MR) is 56.3 cm³/mol. The van der Waals surface area contributed by atoms with Crippen molar-refractivity contribution in [3.8, 4) is 0 Å². The molecule has 1 aromatic carbocycles. The number of benzene rings is 1. The van der Waals surface area contributed by atoms with Crippen molar-refractivity contribution >= 4 is 27.5 Å². The molecule has 0 saturated heterocycles. The van der Waals surface area contributed by atoms with E-state index in [1.54, 1.807) is 6.07 Å². The van der Waals surface area contributed by atoms with Gasteiger partial charge in [-0.05, 0) is 47.5 Å². The zero-order chi connectivity index (χ0) is 10.2. The molecule has 0 aliphatic rings. The maximum absolute atomic E-state index is 13.2. The van der Waals surface area contributed by atoms with Crippen LogP contribution >= 0.6 is 27.5 Å². The molecule has 0 atom stereocenters. The summed E-state index contributed by atoms with van der Waals surface area (Å²) in [6.45, 7) is 3.62. The van der Waals surface area contributed by atoms with Gasteiger partial charge in [-0.1, -0.05) is 11.6 Å². The predicted octanol–water partition coefficient (Wildman–Crippen LogP) is 3.44.